The summed E-state index contributed by atoms with van der Waals surface area (Å²) in [5.41, 5.74) is 1.66. The Morgan fingerprint density at radius 1 is 1.26 bits per heavy atom. The van der Waals surface area contributed by atoms with Gasteiger partial charge in [0.2, 0.25) is 11.8 Å². The third-order valence-electron chi connectivity index (χ3n) is 5.29. The predicted molar refractivity (Wildman–Crippen MR) is 103 cm³/mol. The maximum Gasteiger partial charge on any atom is 0.310 e. The molecule has 2 atom stereocenters. The van der Waals surface area contributed by atoms with Gasteiger partial charge in [-0.3, -0.25) is 14.4 Å². The first-order chi connectivity index (χ1) is 12.9. The van der Waals surface area contributed by atoms with Crippen LogP contribution in [0.2, 0.25) is 5.02 Å². The lowest BCUT2D eigenvalue weighted by molar-refractivity contribution is -0.152. The third-order valence-corrected chi connectivity index (χ3v) is 5.70. The Hall–Kier alpha value is -2.08. The number of rotatable bonds is 4. The standard InChI is InChI=1S/C20H25ClN2O4/c1-3-27-20(26)14-5-4-8-22(11-14)19(25)15-9-18(24)23(12-15)16-7-6-13(2)17(21)10-16/h6-7,10,14-15H,3-5,8-9,11-12H2,1-2H3/t14-,15-/m1/s1. The minimum Gasteiger partial charge on any atom is -0.466 e. The molecule has 2 amide bonds. The number of aryl methyl sites for hydroxylation is 1. The third kappa shape index (κ3) is 4.26. The summed E-state index contributed by atoms with van der Waals surface area (Å²) in [6, 6.07) is 5.48. The fourth-order valence-corrected chi connectivity index (χ4v) is 3.93. The SMILES string of the molecule is CCOC(=O)[C@@H]1CCCN(C(=O)[C@@H]2CC(=O)N(c3ccc(C)c(Cl)c3)C2)C1. The largest absolute Gasteiger partial charge is 0.466 e. The molecule has 0 bridgehead atoms. The van der Waals surface area contributed by atoms with Gasteiger partial charge in [-0.2, -0.15) is 0 Å². The summed E-state index contributed by atoms with van der Waals surface area (Å²) in [6.07, 6.45) is 1.69. The van der Waals surface area contributed by atoms with E-state index in [1.54, 1.807) is 22.8 Å². The molecule has 2 heterocycles. The Bertz CT molecular complexity index is 751. The normalized spacial score (nSPS) is 22.9. The molecule has 2 aliphatic heterocycles. The molecule has 1 aromatic carbocycles. The topological polar surface area (TPSA) is 66.9 Å². The molecule has 27 heavy (non-hydrogen) atoms. The predicted octanol–water partition coefficient (Wildman–Crippen LogP) is 2.80. The average molecular weight is 393 g/mol. The Morgan fingerprint density at radius 2 is 2.04 bits per heavy atom. The summed E-state index contributed by atoms with van der Waals surface area (Å²) in [7, 11) is 0. The van der Waals surface area contributed by atoms with E-state index in [0.29, 0.717) is 37.0 Å². The number of piperidine rings is 1. The monoisotopic (exact) mass is 392 g/mol. The van der Waals surface area contributed by atoms with E-state index in [2.05, 4.69) is 0 Å². The molecule has 1 aromatic rings. The number of halogens is 1. The molecule has 2 fully saturated rings. The van der Waals surface area contributed by atoms with Crippen LogP contribution in [0.4, 0.5) is 5.69 Å². The Balaban J connectivity index is 1.66. The van der Waals surface area contributed by atoms with Gasteiger partial charge in [0.25, 0.3) is 0 Å². The van der Waals surface area contributed by atoms with Gasteiger partial charge in [0, 0.05) is 36.8 Å². The Kier molecular flexibility index (Phi) is 6.05. The van der Waals surface area contributed by atoms with Crippen molar-refractivity contribution in [2.24, 2.45) is 11.8 Å². The maximum atomic E-state index is 12.9. The van der Waals surface area contributed by atoms with Crippen LogP contribution in [-0.4, -0.2) is 48.9 Å². The van der Waals surface area contributed by atoms with Crippen LogP contribution >= 0.6 is 11.6 Å². The first-order valence-electron chi connectivity index (χ1n) is 9.42. The summed E-state index contributed by atoms with van der Waals surface area (Å²) >= 11 is 6.18. The van der Waals surface area contributed by atoms with Crippen molar-refractivity contribution in [3.8, 4) is 0 Å². The number of esters is 1. The molecule has 6 nitrogen and oxygen atoms in total. The molecule has 0 saturated carbocycles. The zero-order valence-electron chi connectivity index (χ0n) is 15.7. The first-order valence-corrected chi connectivity index (χ1v) is 9.80. The van der Waals surface area contributed by atoms with E-state index in [0.717, 1.165) is 18.4 Å². The molecular weight excluding hydrogens is 368 g/mol. The second-order valence-corrected chi connectivity index (χ2v) is 7.62. The van der Waals surface area contributed by atoms with Crippen LogP contribution in [0.5, 0.6) is 0 Å². The lowest BCUT2D eigenvalue weighted by Crippen LogP contribution is -2.45. The van der Waals surface area contributed by atoms with E-state index < -0.39 is 5.92 Å². The van der Waals surface area contributed by atoms with Crippen molar-refractivity contribution in [3.63, 3.8) is 0 Å². The van der Waals surface area contributed by atoms with Crippen molar-refractivity contribution in [1.29, 1.82) is 0 Å². The van der Waals surface area contributed by atoms with Crippen molar-refractivity contribution in [3.05, 3.63) is 28.8 Å². The summed E-state index contributed by atoms with van der Waals surface area (Å²) in [6.45, 7) is 5.36. The number of carbonyl (C=O) groups is 3. The van der Waals surface area contributed by atoms with Gasteiger partial charge in [-0.25, -0.2) is 0 Å². The van der Waals surface area contributed by atoms with Crippen molar-refractivity contribution in [2.45, 2.75) is 33.1 Å². The highest BCUT2D eigenvalue weighted by Crippen LogP contribution is 2.30. The minimum atomic E-state index is -0.390. The zero-order valence-corrected chi connectivity index (χ0v) is 16.5. The van der Waals surface area contributed by atoms with Gasteiger partial charge in [-0.1, -0.05) is 17.7 Å². The van der Waals surface area contributed by atoms with Crippen LogP contribution in [0.25, 0.3) is 0 Å². The highest BCUT2D eigenvalue weighted by Gasteiger charge is 2.39. The number of ether oxygens (including phenoxy) is 1. The van der Waals surface area contributed by atoms with Crippen molar-refractivity contribution >= 4 is 35.1 Å². The number of amides is 2. The van der Waals surface area contributed by atoms with E-state index in [4.69, 9.17) is 16.3 Å². The molecular formula is C20H25ClN2O4. The van der Waals surface area contributed by atoms with Crippen LogP contribution in [0.1, 0.15) is 31.7 Å². The molecule has 2 saturated heterocycles. The summed E-state index contributed by atoms with van der Waals surface area (Å²) in [5.74, 6) is -1.04. The minimum absolute atomic E-state index is 0.0574. The second-order valence-electron chi connectivity index (χ2n) is 7.21. The first kappa shape index (κ1) is 19.7. The van der Waals surface area contributed by atoms with Gasteiger partial charge < -0.3 is 14.5 Å². The van der Waals surface area contributed by atoms with Gasteiger partial charge >= 0.3 is 5.97 Å². The van der Waals surface area contributed by atoms with E-state index in [1.807, 2.05) is 19.1 Å². The molecule has 7 heteroatoms. The molecule has 0 N–H and O–H groups in total. The summed E-state index contributed by atoms with van der Waals surface area (Å²) in [5, 5.41) is 0.600. The molecule has 0 unspecified atom stereocenters. The molecule has 0 radical (unpaired) electrons. The van der Waals surface area contributed by atoms with Crippen molar-refractivity contribution in [1.82, 2.24) is 4.90 Å². The quantitative estimate of drug-likeness (QED) is 0.739. The number of nitrogens with zero attached hydrogens (tertiary/aromatic N) is 2. The van der Waals surface area contributed by atoms with E-state index in [-0.39, 0.29) is 30.1 Å². The summed E-state index contributed by atoms with van der Waals surface area (Å²) in [4.78, 5) is 40.7. The fraction of sp³-hybridized carbons (Fsp3) is 0.550. The Labute approximate surface area is 164 Å². The van der Waals surface area contributed by atoms with Crippen molar-refractivity contribution < 1.29 is 19.1 Å². The number of likely N-dealkylation sites (tertiary alicyclic amines) is 1. The zero-order chi connectivity index (χ0) is 19.6. The smallest absolute Gasteiger partial charge is 0.310 e. The molecule has 0 aromatic heterocycles. The fourth-order valence-electron chi connectivity index (χ4n) is 3.76. The molecule has 0 spiro atoms. The van der Waals surface area contributed by atoms with Gasteiger partial charge in [0.15, 0.2) is 0 Å². The number of hydrogen-bond acceptors (Lipinski definition) is 4. The van der Waals surface area contributed by atoms with E-state index >= 15 is 0 Å². The number of anilines is 1. The van der Waals surface area contributed by atoms with Crippen molar-refractivity contribution in [2.75, 3.05) is 31.1 Å². The van der Waals surface area contributed by atoms with Gasteiger partial charge in [0.05, 0.1) is 18.4 Å². The second kappa shape index (κ2) is 8.30. The average Bonchev–Trinajstić information content (AvgIpc) is 3.05. The molecule has 2 aliphatic rings. The highest BCUT2D eigenvalue weighted by atomic mass is 35.5. The highest BCUT2D eigenvalue weighted by molar-refractivity contribution is 6.31. The van der Waals surface area contributed by atoms with Gasteiger partial charge in [0.1, 0.15) is 0 Å². The van der Waals surface area contributed by atoms with Crippen LogP contribution in [0, 0.1) is 18.8 Å². The van der Waals surface area contributed by atoms with Gasteiger partial charge in [-0.05, 0) is 44.4 Å². The van der Waals surface area contributed by atoms with Gasteiger partial charge in [-0.15, -0.1) is 0 Å². The number of carbonyl (C=O) groups excluding carboxylic acids is 3. The summed E-state index contributed by atoms with van der Waals surface area (Å²) < 4.78 is 5.10. The number of benzene rings is 1. The Morgan fingerprint density at radius 3 is 2.74 bits per heavy atom. The van der Waals surface area contributed by atoms with E-state index in [1.165, 1.54) is 0 Å². The van der Waals surface area contributed by atoms with Crippen LogP contribution in [0.3, 0.4) is 0 Å². The maximum absolute atomic E-state index is 12.9. The van der Waals surface area contributed by atoms with Crippen LogP contribution in [-0.2, 0) is 19.1 Å². The molecule has 146 valence electrons. The van der Waals surface area contributed by atoms with E-state index in [9.17, 15) is 14.4 Å². The van der Waals surface area contributed by atoms with Crippen LogP contribution in [0.15, 0.2) is 18.2 Å². The lowest BCUT2D eigenvalue weighted by atomic mass is 9.96. The lowest BCUT2D eigenvalue weighted by Gasteiger charge is -2.33. The van der Waals surface area contributed by atoms with Crippen LogP contribution < -0.4 is 4.90 Å². The number of hydrogen-bond donors (Lipinski definition) is 0. The molecule has 3 rings (SSSR count). The molecule has 0 aliphatic carbocycles.